The van der Waals surface area contributed by atoms with Gasteiger partial charge in [0.05, 0.1) is 12.1 Å². The summed E-state index contributed by atoms with van der Waals surface area (Å²) in [5, 5.41) is 13.2. The van der Waals surface area contributed by atoms with Crippen molar-refractivity contribution in [1.82, 2.24) is 5.32 Å². The van der Waals surface area contributed by atoms with E-state index >= 15 is 0 Å². The van der Waals surface area contributed by atoms with Gasteiger partial charge >= 0.3 is 0 Å². The van der Waals surface area contributed by atoms with Gasteiger partial charge in [0, 0.05) is 6.42 Å². The molecule has 0 aliphatic carbocycles. The lowest BCUT2D eigenvalue weighted by Gasteiger charge is -2.17. The Balaban J connectivity index is 3.48. The number of amides is 1. The lowest BCUT2D eigenvalue weighted by atomic mass is 10.0. The first-order valence-corrected chi connectivity index (χ1v) is 17.6. The van der Waals surface area contributed by atoms with E-state index in [9.17, 15) is 9.90 Å². The first kappa shape index (κ1) is 38.2. The summed E-state index contributed by atoms with van der Waals surface area (Å²) in [6.07, 6.45) is 39.4. The van der Waals surface area contributed by atoms with Crippen LogP contribution in [-0.2, 0) is 4.79 Å². The highest BCUT2D eigenvalue weighted by molar-refractivity contribution is 5.76. The first-order chi connectivity index (χ1) is 19.1. The summed E-state index contributed by atoms with van der Waals surface area (Å²) in [5.74, 6) is 0.0162. The van der Waals surface area contributed by atoms with Gasteiger partial charge in [0.1, 0.15) is 0 Å². The molecule has 2 atom stereocenters. The molecule has 0 saturated heterocycles. The first-order valence-electron chi connectivity index (χ1n) is 17.6. The molecule has 0 unspecified atom stereocenters. The van der Waals surface area contributed by atoms with Crippen LogP contribution in [0.2, 0.25) is 0 Å². The van der Waals surface area contributed by atoms with E-state index < -0.39 is 12.1 Å². The van der Waals surface area contributed by atoms with Gasteiger partial charge < -0.3 is 10.4 Å². The largest absolute Gasteiger partial charge is 0.387 e. The van der Waals surface area contributed by atoms with Crippen LogP contribution in [0.25, 0.3) is 0 Å². The van der Waals surface area contributed by atoms with E-state index in [2.05, 4.69) is 32.2 Å². The van der Waals surface area contributed by atoms with Gasteiger partial charge in [-0.3, -0.25) is 4.79 Å². The molecule has 2 N–H and O–H groups in total. The number of carbonyl (C=O) groups excluding carboxylic acids is 1. The molecule has 0 rings (SSSR count). The molecule has 1 radical (unpaired) electrons. The summed E-state index contributed by atoms with van der Waals surface area (Å²) >= 11 is 0. The maximum atomic E-state index is 12.2. The summed E-state index contributed by atoms with van der Waals surface area (Å²) in [5.41, 5.74) is 0. The van der Waals surface area contributed by atoms with Crippen molar-refractivity contribution in [3.63, 3.8) is 0 Å². The lowest BCUT2D eigenvalue weighted by Crippen LogP contribution is -2.40. The third-order valence-corrected chi connectivity index (χ3v) is 8.07. The fourth-order valence-electron chi connectivity index (χ4n) is 5.32. The topological polar surface area (TPSA) is 49.3 Å². The van der Waals surface area contributed by atoms with Gasteiger partial charge in [0.25, 0.3) is 0 Å². The Bertz CT molecular complexity index is 518. The number of allylic oxidation sites excluding steroid dienone is 1. The summed E-state index contributed by atoms with van der Waals surface area (Å²) in [6.45, 7) is 8.50. The van der Waals surface area contributed by atoms with Gasteiger partial charge in [-0.25, -0.2) is 0 Å². The van der Waals surface area contributed by atoms with E-state index in [-0.39, 0.29) is 5.91 Å². The maximum absolute atomic E-state index is 12.2. The Kier molecular flexibility index (Phi) is 31.0. The molecule has 39 heavy (non-hydrogen) atoms. The number of aliphatic hydroxyl groups is 1. The minimum atomic E-state index is -0.706. The van der Waals surface area contributed by atoms with E-state index in [1.165, 1.54) is 154 Å². The van der Waals surface area contributed by atoms with Crippen LogP contribution >= 0.6 is 0 Å². The molecule has 0 aliphatic heterocycles. The molecule has 3 nitrogen and oxygen atoms in total. The molecule has 0 fully saturated rings. The van der Waals surface area contributed by atoms with Gasteiger partial charge in [-0.15, -0.1) is 0 Å². The van der Waals surface area contributed by atoms with Gasteiger partial charge in [-0.2, -0.15) is 0 Å². The molecule has 0 aliphatic rings. The zero-order valence-electron chi connectivity index (χ0n) is 26.7. The monoisotopic (exact) mass is 549 g/mol. The molecular formula is C36H70NO2. The Hall–Kier alpha value is -0.830. The molecule has 231 valence electrons. The molecule has 3 heteroatoms. The predicted molar refractivity (Wildman–Crippen MR) is 173 cm³/mol. The minimum absolute atomic E-state index is 0.0162. The van der Waals surface area contributed by atoms with Gasteiger partial charge in [0.2, 0.25) is 5.91 Å². The second-order valence-electron chi connectivity index (χ2n) is 12.1. The van der Waals surface area contributed by atoms with Crippen LogP contribution in [0.3, 0.4) is 0 Å². The molecule has 1 amide bonds. The van der Waals surface area contributed by atoms with Gasteiger partial charge in [0.15, 0.2) is 0 Å². The van der Waals surface area contributed by atoms with Crippen molar-refractivity contribution in [2.24, 2.45) is 0 Å². The third-order valence-electron chi connectivity index (χ3n) is 8.07. The van der Waals surface area contributed by atoms with Crippen molar-refractivity contribution in [2.75, 3.05) is 0 Å². The zero-order chi connectivity index (χ0) is 28.7. The van der Waals surface area contributed by atoms with Crippen molar-refractivity contribution in [3.05, 3.63) is 19.1 Å². The van der Waals surface area contributed by atoms with E-state index in [0.29, 0.717) is 6.42 Å². The molecule has 0 aromatic heterocycles. The van der Waals surface area contributed by atoms with Gasteiger partial charge in [-0.05, 0) is 26.2 Å². The number of aliphatic hydroxyl groups excluding tert-OH is 1. The summed E-state index contributed by atoms with van der Waals surface area (Å²) in [4.78, 5) is 12.2. The van der Waals surface area contributed by atoms with Crippen LogP contribution in [0.15, 0.2) is 12.2 Å². The van der Waals surface area contributed by atoms with Crippen molar-refractivity contribution in [3.8, 4) is 0 Å². The smallest absolute Gasteiger partial charge is 0.220 e. The normalized spacial score (nSPS) is 13.2. The van der Waals surface area contributed by atoms with Gasteiger partial charge in [-0.1, -0.05) is 180 Å². The molecule has 0 heterocycles. The molecule has 0 aromatic rings. The standard InChI is InChI=1S/C36H70NO2/c1-4-6-8-10-12-14-16-18-19-21-23-25-27-29-31-33-36(39)37-34(3)35(38)32-30-28-26-24-22-20-17-15-13-11-9-7-5-2/h30,32,34-35,38H,3-29,31,33H2,1-2H3,(H,37,39)/b32-30+/t34-,35+/m0/s1. The van der Waals surface area contributed by atoms with Crippen LogP contribution in [0, 0.1) is 6.92 Å². The quantitative estimate of drug-likeness (QED) is 0.0668. The highest BCUT2D eigenvalue weighted by atomic mass is 16.3. The third kappa shape index (κ3) is 30.0. The number of hydrogen-bond donors (Lipinski definition) is 2. The highest BCUT2D eigenvalue weighted by Crippen LogP contribution is 2.14. The van der Waals surface area contributed by atoms with E-state index in [0.717, 1.165) is 19.3 Å². The average Bonchev–Trinajstić information content (AvgIpc) is 2.93. The van der Waals surface area contributed by atoms with Crippen LogP contribution < -0.4 is 5.32 Å². The second kappa shape index (κ2) is 31.7. The molecule has 0 spiro atoms. The predicted octanol–water partition coefficient (Wildman–Crippen LogP) is 11.2. The van der Waals surface area contributed by atoms with Crippen LogP contribution in [0.5, 0.6) is 0 Å². The van der Waals surface area contributed by atoms with Crippen molar-refractivity contribution < 1.29 is 9.90 Å². The number of unbranched alkanes of at least 4 members (excludes halogenated alkanes) is 25. The Morgan fingerprint density at radius 2 is 0.923 bits per heavy atom. The van der Waals surface area contributed by atoms with Crippen molar-refractivity contribution >= 4 is 5.91 Å². The van der Waals surface area contributed by atoms with Crippen LogP contribution in [-0.4, -0.2) is 23.2 Å². The lowest BCUT2D eigenvalue weighted by molar-refractivity contribution is -0.122. The molecule has 0 aromatic carbocycles. The fraction of sp³-hybridized carbons (Fsp3) is 0.889. The number of carbonyl (C=O) groups is 1. The number of nitrogens with one attached hydrogen (secondary N) is 1. The zero-order valence-corrected chi connectivity index (χ0v) is 26.7. The molecule has 0 saturated carbocycles. The molecule has 0 bridgehead atoms. The van der Waals surface area contributed by atoms with E-state index in [4.69, 9.17) is 0 Å². The second-order valence-corrected chi connectivity index (χ2v) is 12.1. The van der Waals surface area contributed by atoms with Crippen molar-refractivity contribution in [2.45, 2.75) is 206 Å². The summed E-state index contributed by atoms with van der Waals surface area (Å²) in [6, 6.07) is -0.470. The maximum Gasteiger partial charge on any atom is 0.220 e. The Morgan fingerprint density at radius 3 is 1.31 bits per heavy atom. The Labute approximate surface area is 245 Å². The van der Waals surface area contributed by atoms with E-state index in [1.807, 2.05) is 6.08 Å². The minimum Gasteiger partial charge on any atom is -0.387 e. The highest BCUT2D eigenvalue weighted by Gasteiger charge is 2.13. The SMILES string of the molecule is [CH2][C@H](NC(=O)CCCCCCCCCCCCCCCCC)[C@H](O)/C=C/CCCCCCCCCCCCC. The van der Waals surface area contributed by atoms with Crippen LogP contribution in [0.1, 0.15) is 194 Å². The summed E-state index contributed by atoms with van der Waals surface area (Å²) in [7, 11) is 0. The number of hydrogen-bond acceptors (Lipinski definition) is 2. The van der Waals surface area contributed by atoms with E-state index in [1.54, 1.807) is 0 Å². The van der Waals surface area contributed by atoms with Crippen LogP contribution in [0.4, 0.5) is 0 Å². The molecular weight excluding hydrogens is 478 g/mol. The summed E-state index contributed by atoms with van der Waals surface area (Å²) < 4.78 is 0. The fourth-order valence-corrected chi connectivity index (χ4v) is 5.32. The average molecular weight is 549 g/mol. The number of rotatable bonds is 31. The van der Waals surface area contributed by atoms with Crippen molar-refractivity contribution in [1.29, 1.82) is 0 Å². The Morgan fingerprint density at radius 1 is 0.590 bits per heavy atom.